The van der Waals surface area contributed by atoms with Crippen molar-refractivity contribution >= 4 is 34.1 Å². The van der Waals surface area contributed by atoms with E-state index < -0.39 is 11.6 Å². The van der Waals surface area contributed by atoms with Gasteiger partial charge in [0.2, 0.25) is 5.95 Å². The minimum absolute atomic E-state index is 0.154. The first kappa shape index (κ1) is 24.9. The number of aromatic nitrogens is 3. The van der Waals surface area contributed by atoms with Gasteiger partial charge >= 0.3 is 0 Å². The van der Waals surface area contributed by atoms with Crippen molar-refractivity contribution in [1.82, 2.24) is 19.9 Å². The molecule has 4 aromatic rings. The highest BCUT2D eigenvalue weighted by molar-refractivity contribution is 6.06. The lowest BCUT2D eigenvalue weighted by molar-refractivity contribution is 0.0927. The summed E-state index contributed by atoms with van der Waals surface area (Å²) in [4.78, 5) is 36.2. The van der Waals surface area contributed by atoms with Crippen LogP contribution in [0.2, 0.25) is 0 Å². The van der Waals surface area contributed by atoms with Crippen molar-refractivity contribution in [2.24, 2.45) is 0 Å². The predicted octanol–water partition coefficient (Wildman–Crippen LogP) is 3.91. The summed E-state index contributed by atoms with van der Waals surface area (Å²) in [6.45, 7) is 4.27. The smallest absolute Gasteiger partial charge is 0.295 e. The molecule has 10 heteroatoms. The molecule has 3 N–H and O–H groups in total. The Labute approximate surface area is 225 Å². The highest BCUT2D eigenvalue weighted by Gasteiger charge is 2.31. The van der Waals surface area contributed by atoms with Gasteiger partial charge in [0.25, 0.3) is 5.56 Å². The van der Waals surface area contributed by atoms with Crippen LogP contribution in [0.5, 0.6) is 11.5 Å². The molecule has 2 aliphatic rings. The highest BCUT2D eigenvalue weighted by atomic mass is 16.5. The van der Waals surface area contributed by atoms with Crippen LogP contribution in [0, 0.1) is 0 Å². The first-order chi connectivity index (χ1) is 19.1. The summed E-state index contributed by atoms with van der Waals surface area (Å²) in [5.41, 5.74) is 2.00. The summed E-state index contributed by atoms with van der Waals surface area (Å²) in [6, 6.07) is 15.7. The Balaban J connectivity index is 1.32. The Bertz CT molecular complexity index is 1560. The zero-order chi connectivity index (χ0) is 26.8. The third kappa shape index (κ3) is 5.03. The second kappa shape index (κ2) is 10.7. The number of rotatable bonds is 7. The number of anilines is 3. The summed E-state index contributed by atoms with van der Waals surface area (Å²) in [7, 11) is 0. The molecule has 0 radical (unpaired) electrons. The van der Waals surface area contributed by atoms with Crippen LogP contribution in [-0.4, -0.2) is 52.7 Å². The first-order valence-corrected chi connectivity index (χ1v) is 13.3. The molecule has 0 bridgehead atoms. The Morgan fingerprint density at radius 1 is 1.10 bits per heavy atom. The molecule has 1 saturated heterocycles. The van der Waals surface area contributed by atoms with Gasteiger partial charge in [-0.05, 0) is 68.8 Å². The Morgan fingerprint density at radius 3 is 2.74 bits per heavy atom. The zero-order valence-electron chi connectivity index (χ0n) is 21.6. The second-order valence-corrected chi connectivity index (χ2v) is 9.63. The van der Waals surface area contributed by atoms with Crippen LogP contribution in [0.1, 0.15) is 36.2 Å². The maximum Gasteiger partial charge on any atom is 0.295 e. The minimum atomic E-state index is -0.788. The number of fused-ring (bicyclic) bond motifs is 2. The van der Waals surface area contributed by atoms with E-state index in [-0.39, 0.29) is 24.2 Å². The molecule has 2 unspecified atom stereocenters. The third-order valence-electron chi connectivity index (χ3n) is 7.00. The van der Waals surface area contributed by atoms with E-state index in [4.69, 9.17) is 9.47 Å². The quantitative estimate of drug-likeness (QED) is 0.329. The predicted molar refractivity (Wildman–Crippen MR) is 150 cm³/mol. The van der Waals surface area contributed by atoms with E-state index in [0.717, 1.165) is 43.1 Å². The van der Waals surface area contributed by atoms with Gasteiger partial charge in [-0.2, -0.15) is 4.98 Å². The monoisotopic (exact) mass is 526 g/mol. The van der Waals surface area contributed by atoms with Gasteiger partial charge in [0, 0.05) is 41.6 Å². The molecule has 0 saturated carbocycles. The fraction of sp³-hybridized carbons (Fsp3) is 0.310. The van der Waals surface area contributed by atoms with E-state index in [1.54, 1.807) is 18.3 Å². The van der Waals surface area contributed by atoms with Crippen molar-refractivity contribution in [3.8, 4) is 11.5 Å². The fourth-order valence-corrected chi connectivity index (χ4v) is 5.10. The van der Waals surface area contributed by atoms with Gasteiger partial charge in [-0.3, -0.25) is 14.2 Å². The molecule has 2 atom stereocenters. The van der Waals surface area contributed by atoms with Crippen molar-refractivity contribution in [2.45, 2.75) is 31.9 Å². The Morgan fingerprint density at radius 2 is 1.95 bits per heavy atom. The normalized spacial score (nSPS) is 18.7. The minimum Gasteiger partial charge on any atom is -0.489 e. The van der Waals surface area contributed by atoms with Crippen molar-refractivity contribution in [3.05, 3.63) is 76.7 Å². The molecule has 39 heavy (non-hydrogen) atoms. The molecule has 6 rings (SSSR count). The number of benzene rings is 2. The molecular weight excluding hydrogens is 496 g/mol. The van der Waals surface area contributed by atoms with E-state index in [2.05, 4.69) is 25.9 Å². The van der Waals surface area contributed by atoms with Crippen LogP contribution in [-0.2, 0) is 0 Å². The number of carbonyl (C=O) groups excluding carboxylic acids is 1. The number of ether oxygens (including phenoxy) is 2. The van der Waals surface area contributed by atoms with Crippen LogP contribution < -0.4 is 31.0 Å². The van der Waals surface area contributed by atoms with Gasteiger partial charge in [0.1, 0.15) is 23.5 Å². The van der Waals surface area contributed by atoms with Gasteiger partial charge in [0.15, 0.2) is 11.5 Å². The molecule has 0 amide bonds. The number of Topliss-reactive ketones (excluding diaryl/α,β-unsaturated/α-hetero) is 1. The molecule has 0 spiro atoms. The van der Waals surface area contributed by atoms with E-state index in [1.807, 2.05) is 49.4 Å². The fourth-order valence-electron chi connectivity index (χ4n) is 5.10. The summed E-state index contributed by atoms with van der Waals surface area (Å²) >= 11 is 0. The van der Waals surface area contributed by atoms with Crippen molar-refractivity contribution in [1.29, 1.82) is 0 Å². The van der Waals surface area contributed by atoms with Crippen molar-refractivity contribution < 1.29 is 14.3 Å². The average molecular weight is 527 g/mol. The summed E-state index contributed by atoms with van der Waals surface area (Å²) in [5, 5.41) is 10.4. The average Bonchev–Trinajstić information content (AvgIpc) is 2.96. The van der Waals surface area contributed by atoms with Crippen molar-refractivity contribution in [2.75, 3.05) is 36.9 Å². The highest BCUT2D eigenvalue weighted by Crippen LogP contribution is 2.29. The molecule has 2 aromatic carbocycles. The molecule has 1 fully saturated rings. The van der Waals surface area contributed by atoms with Crippen LogP contribution in [0.15, 0.2) is 65.6 Å². The number of nitrogens with zero attached hydrogens (tertiary/aromatic N) is 3. The van der Waals surface area contributed by atoms with Crippen LogP contribution >= 0.6 is 0 Å². The molecule has 200 valence electrons. The second-order valence-electron chi connectivity index (χ2n) is 9.63. The van der Waals surface area contributed by atoms with Gasteiger partial charge in [0.05, 0.1) is 6.61 Å². The summed E-state index contributed by atoms with van der Waals surface area (Å²) in [6.07, 6.45) is 3.94. The number of pyridine rings is 1. The number of carbonyl (C=O) groups is 1. The maximum atomic E-state index is 13.6. The lowest BCUT2D eigenvalue weighted by Crippen LogP contribution is -2.38. The molecule has 10 nitrogen and oxygen atoms in total. The first-order valence-electron chi connectivity index (χ1n) is 13.3. The number of hydrogen-bond donors (Lipinski definition) is 3. The molecular formula is C29H30N6O4. The molecule has 2 aliphatic heterocycles. The molecule has 4 heterocycles. The Hall–Kier alpha value is -4.44. The van der Waals surface area contributed by atoms with E-state index >= 15 is 0 Å². The summed E-state index contributed by atoms with van der Waals surface area (Å²) < 4.78 is 13.1. The summed E-state index contributed by atoms with van der Waals surface area (Å²) in [5.74, 6) is 1.11. The van der Waals surface area contributed by atoms with E-state index in [0.29, 0.717) is 29.2 Å². The standard InChI is InChI=1S/C29H30N6O4/c1-2-38-25-14-18-15-32-29(33-19-9-11-20(12-10-19)39-21-6-5-13-30-16-21)34-27(18)35(28(25)37)24-17-31-23-8-4-3-7-22(23)26(24)36/h3-4,7-12,14-15,21,24,30-31H,2,5-6,13,16-17H2,1H3,(H,32,33,34). The number of nitrogens with one attached hydrogen (secondary N) is 3. The molecule has 0 aliphatic carbocycles. The van der Waals surface area contributed by atoms with Gasteiger partial charge in [-0.1, -0.05) is 12.1 Å². The third-order valence-corrected chi connectivity index (χ3v) is 7.00. The Kier molecular flexibility index (Phi) is 6.85. The van der Waals surface area contributed by atoms with Crippen molar-refractivity contribution in [3.63, 3.8) is 0 Å². The van der Waals surface area contributed by atoms with Crippen LogP contribution in [0.25, 0.3) is 11.0 Å². The largest absolute Gasteiger partial charge is 0.489 e. The number of ketones is 1. The van der Waals surface area contributed by atoms with Gasteiger partial charge < -0.3 is 25.4 Å². The SMILES string of the molecule is CCOc1cc2cnc(Nc3ccc(OC4CCCNC4)cc3)nc2n(C2CNc3ccccc3C2=O)c1=O. The zero-order valence-corrected chi connectivity index (χ0v) is 21.6. The van der Waals surface area contributed by atoms with Gasteiger partial charge in [-0.25, -0.2) is 4.98 Å². The number of para-hydroxylation sites is 1. The lowest BCUT2D eigenvalue weighted by atomic mass is 9.97. The number of piperidine rings is 1. The van der Waals surface area contributed by atoms with E-state index in [9.17, 15) is 9.59 Å². The van der Waals surface area contributed by atoms with E-state index in [1.165, 1.54) is 4.57 Å². The molecule has 2 aromatic heterocycles. The number of hydrogen-bond acceptors (Lipinski definition) is 9. The topological polar surface area (TPSA) is 119 Å². The van der Waals surface area contributed by atoms with Gasteiger partial charge in [-0.15, -0.1) is 0 Å². The maximum absolute atomic E-state index is 13.6. The lowest BCUT2D eigenvalue weighted by Gasteiger charge is -2.27. The van der Waals surface area contributed by atoms with Crippen LogP contribution in [0.3, 0.4) is 0 Å². The van der Waals surface area contributed by atoms with Crippen LogP contribution in [0.4, 0.5) is 17.3 Å².